The molecule has 1 amide bonds. The van der Waals surface area contributed by atoms with Crippen LogP contribution in [-0.4, -0.2) is 55.0 Å². The van der Waals surface area contributed by atoms with Gasteiger partial charge in [-0.2, -0.15) is 0 Å². The molecule has 1 fully saturated rings. The second kappa shape index (κ2) is 9.17. The molecule has 1 saturated heterocycles. The van der Waals surface area contributed by atoms with E-state index < -0.39 is 0 Å². The number of carbonyl (C=O) groups excluding carboxylic acids is 1. The first kappa shape index (κ1) is 19.7. The van der Waals surface area contributed by atoms with Crippen LogP contribution in [0.15, 0.2) is 10.5 Å². The average molecular weight is 366 g/mol. The molecular formula is C18H31N5OS. The quantitative estimate of drug-likeness (QED) is 0.462. The maximum Gasteiger partial charge on any atom is 0.263 e. The van der Waals surface area contributed by atoms with Crippen molar-refractivity contribution in [2.24, 2.45) is 10.4 Å². The van der Waals surface area contributed by atoms with E-state index in [-0.39, 0.29) is 5.91 Å². The van der Waals surface area contributed by atoms with E-state index in [2.05, 4.69) is 39.4 Å². The Bertz CT molecular complexity index is 596. The number of piperidine rings is 1. The van der Waals surface area contributed by atoms with Gasteiger partial charge in [0.15, 0.2) is 5.96 Å². The minimum Gasteiger partial charge on any atom is -0.354 e. The Morgan fingerprint density at radius 3 is 2.84 bits per heavy atom. The summed E-state index contributed by atoms with van der Waals surface area (Å²) in [7, 11) is 1.83. The number of amides is 1. The molecule has 6 nitrogen and oxygen atoms in total. The molecule has 2 rings (SSSR count). The van der Waals surface area contributed by atoms with Gasteiger partial charge in [-0.05, 0) is 31.6 Å². The van der Waals surface area contributed by atoms with E-state index in [0.29, 0.717) is 23.4 Å². The van der Waals surface area contributed by atoms with E-state index in [1.165, 1.54) is 37.0 Å². The van der Waals surface area contributed by atoms with Crippen LogP contribution in [0.4, 0.5) is 0 Å². The molecule has 2 N–H and O–H groups in total. The molecular weight excluding hydrogens is 334 g/mol. The lowest BCUT2D eigenvalue weighted by atomic mass is 9.78. The molecule has 1 atom stereocenters. The van der Waals surface area contributed by atoms with Gasteiger partial charge in [0, 0.05) is 33.2 Å². The number of aliphatic imine (C=N–C) groups is 1. The summed E-state index contributed by atoms with van der Waals surface area (Å²) in [6.07, 6.45) is 4.97. The summed E-state index contributed by atoms with van der Waals surface area (Å²) < 4.78 is 0. The minimum atomic E-state index is -0.0507. The van der Waals surface area contributed by atoms with Crippen molar-refractivity contribution in [3.05, 3.63) is 16.1 Å². The van der Waals surface area contributed by atoms with Crippen LogP contribution in [0.3, 0.4) is 0 Å². The van der Waals surface area contributed by atoms with Crippen molar-refractivity contribution in [3.63, 3.8) is 0 Å². The number of carbonyl (C=O) groups is 1. The predicted molar refractivity (Wildman–Crippen MR) is 104 cm³/mol. The molecule has 140 valence electrons. The monoisotopic (exact) mass is 365 g/mol. The highest BCUT2D eigenvalue weighted by molar-refractivity contribution is 7.11. The summed E-state index contributed by atoms with van der Waals surface area (Å²) in [6, 6.07) is 0. The van der Waals surface area contributed by atoms with E-state index in [1.54, 1.807) is 5.51 Å². The Labute approximate surface area is 155 Å². The number of likely N-dealkylation sites (tertiary alicyclic amines) is 1. The average Bonchev–Trinajstić information content (AvgIpc) is 3.01. The summed E-state index contributed by atoms with van der Waals surface area (Å²) in [4.78, 5) is 23.7. The Kier molecular flexibility index (Phi) is 7.23. The van der Waals surface area contributed by atoms with Crippen molar-refractivity contribution in [2.45, 2.75) is 46.5 Å². The number of hydrogen-bond acceptors (Lipinski definition) is 4. The number of hydrogen-bond donors (Lipinski definition) is 2. The highest BCUT2D eigenvalue weighted by atomic mass is 32.1. The van der Waals surface area contributed by atoms with Crippen LogP contribution in [-0.2, 0) is 0 Å². The molecule has 0 bridgehead atoms. The molecule has 0 radical (unpaired) electrons. The van der Waals surface area contributed by atoms with E-state index >= 15 is 0 Å². The van der Waals surface area contributed by atoms with Crippen molar-refractivity contribution in [3.8, 4) is 0 Å². The van der Waals surface area contributed by atoms with Gasteiger partial charge < -0.3 is 15.5 Å². The Balaban J connectivity index is 1.78. The Morgan fingerprint density at radius 2 is 2.20 bits per heavy atom. The molecule has 2 heterocycles. The number of aryl methyl sites for hydroxylation is 1. The summed E-state index contributed by atoms with van der Waals surface area (Å²) >= 11 is 1.38. The van der Waals surface area contributed by atoms with Crippen molar-refractivity contribution < 1.29 is 4.79 Å². The summed E-state index contributed by atoms with van der Waals surface area (Å²) in [5.41, 5.74) is 2.87. The molecule has 1 aromatic rings. The SMILES string of the molecule is CCCC1(C)CCCN(C(=NC)NCCNC(=O)c2scnc2C)C1. The molecule has 0 spiro atoms. The fourth-order valence-electron chi connectivity index (χ4n) is 3.59. The lowest BCUT2D eigenvalue weighted by molar-refractivity contribution is 0.0957. The third-order valence-corrected chi connectivity index (χ3v) is 5.72. The zero-order valence-corrected chi connectivity index (χ0v) is 16.7. The summed E-state index contributed by atoms with van der Waals surface area (Å²) in [5, 5.41) is 6.32. The van der Waals surface area contributed by atoms with Gasteiger partial charge in [0.2, 0.25) is 0 Å². The molecule has 7 heteroatoms. The highest BCUT2D eigenvalue weighted by Crippen LogP contribution is 2.33. The van der Waals surface area contributed by atoms with Crippen molar-refractivity contribution in [1.82, 2.24) is 20.5 Å². The number of nitrogens with zero attached hydrogens (tertiary/aromatic N) is 3. The highest BCUT2D eigenvalue weighted by Gasteiger charge is 2.31. The van der Waals surface area contributed by atoms with E-state index in [1.807, 2.05) is 14.0 Å². The lowest BCUT2D eigenvalue weighted by Gasteiger charge is -2.42. The van der Waals surface area contributed by atoms with Gasteiger partial charge in [-0.1, -0.05) is 20.3 Å². The van der Waals surface area contributed by atoms with Gasteiger partial charge in [-0.3, -0.25) is 9.79 Å². The minimum absolute atomic E-state index is 0.0507. The van der Waals surface area contributed by atoms with Crippen LogP contribution in [0.5, 0.6) is 0 Å². The second-order valence-corrected chi connectivity index (χ2v) is 7.94. The summed E-state index contributed by atoms with van der Waals surface area (Å²) in [6.45, 7) is 9.82. The molecule has 1 aliphatic rings. The second-order valence-electron chi connectivity index (χ2n) is 7.08. The first-order valence-electron chi connectivity index (χ1n) is 9.13. The molecule has 1 aromatic heterocycles. The standard InChI is InChI=1S/C18H31N5OS/c1-5-7-18(3)8-6-11-23(12-18)17(19-4)21-10-9-20-16(24)15-14(2)22-13-25-15/h13H,5-12H2,1-4H3,(H,19,21)(H,20,24). The maximum atomic E-state index is 12.1. The zero-order valence-electron chi connectivity index (χ0n) is 15.9. The van der Waals surface area contributed by atoms with Crippen LogP contribution in [0, 0.1) is 12.3 Å². The molecule has 0 aliphatic carbocycles. The van der Waals surface area contributed by atoms with E-state index in [9.17, 15) is 4.79 Å². The van der Waals surface area contributed by atoms with Crippen molar-refractivity contribution in [1.29, 1.82) is 0 Å². The topological polar surface area (TPSA) is 69.6 Å². The smallest absolute Gasteiger partial charge is 0.263 e. The van der Waals surface area contributed by atoms with Gasteiger partial charge in [-0.25, -0.2) is 4.98 Å². The van der Waals surface area contributed by atoms with Crippen LogP contribution < -0.4 is 10.6 Å². The third-order valence-electron chi connectivity index (χ3n) is 4.79. The van der Waals surface area contributed by atoms with Gasteiger partial charge in [-0.15, -0.1) is 11.3 Å². The fourth-order valence-corrected chi connectivity index (χ4v) is 4.31. The maximum absolute atomic E-state index is 12.1. The molecule has 25 heavy (non-hydrogen) atoms. The van der Waals surface area contributed by atoms with Crippen molar-refractivity contribution in [2.75, 3.05) is 33.2 Å². The largest absolute Gasteiger partial charge is 0.354 e. The Morgan fingerprint density at radius 1 is 1.44 bits per heavy atom. The van der Waals surface area contributed by atoms with Crippen LogP contribution in [0.25, 0.3) is 0 Å². The van der Waals surface area contributed by atoms with E-state index in [4.69, 9.17) is 0 Å². The molecule has 1 unspecified atom stereocenters. The fraction of sp³-hybridized carbons (Fsp3) is 0.722. The van der Waals surface area contributed by atoms with Gasteiger partial charge in [0.25, 0.3) is 5.91 Å². The first-order valence-corrected chi connectivity index (χ1v) is 10.0. The number of aromatic nitrogens is 1. The Hall–Kier alpha value is -1.63. The van der Waals surface area contributed by atoms with E-state index in [0.717, 1.165) is 24.7 Å². The molecule has 1 aliphatic heterocycles. The first-order chi connectivity index (χ1) is 12.0. The summed E-state index contributed by atoms with van der Waals surface area (Å²) in [5.74, 6) is 0.885. The number of nitrogens with one attached hydrogen (secondary N) is 2. The van der Waals surface area contributed by atoms with Crippen LogP contribution in [0.2, 0.25) is 0 Å². The lowest BCUT2D eigenvalue weighted by Crippen LogP contribution is -2.50. The van der Waals surface area contributed by atoms with Crippen LogP contribution >= 0.6 is 11.3 Å². The van der Waals surface area contributed by atoms with Crippen LogP contribution in [0.1, 0.15) is 54.9 Å². The predicted octanol–water partition coefficient (Wildman–Crippen LogP) is 2.66. The number of thiazole rings is 1. The number of rotatable bonds is 6. The zero-order chi connectivity index (χ0) is 18.3. The normalized spacial score (nSPS) is 21.3. The molecule has 0 aromatic carbocycles. The van der Waals surface area contributed by atoms with Gasteiger partial charge in [0.1, 0.15) is 4.88 Å². The van der Waals surface area contributed by atoms with Gasteiger partial charge >= 0.3 is 0 Å². The van der Waals surface area contributed by atoms with Gasteiger partial charge in [0.05, 0.1) is 11.2 Å². The number of guanidine groups is 1. The van der Waals surface area contributed by atoms with Crippen molar-refractivity contribution >= 4 is 23.2 Å². The molecule has 0 saturated carbocycles. The third kappa shape index (κ3) is 5.42.